The van der Waals surface area contributed by atoms with Gasteiger partial charge in [-0.1, -0.05) is 49.7 Å². The van der Waals surface area contributed by atoms with E-state index in [-0.39, 0.29) is 36.9 Å². The minimum atomic E-state index is -1.04. The average Bonchev–Trinajstić information content (AvgIpc) is 3.29. The van der Waals surface area contributed by atoms with Crippen molar-refractivity contribution in [2.45, 2.75) is 31.8 Å². The summed E-state index contributed by atoms with van der Waals surface area (Å²) >= 11 is 6.57. The molecule has 0 unspecified atom stereocenters. The molecule has 0 saturated carbocycles. The highest BCUT2D eigenvalue weighted by molar-refractivity contribution is 6.31. The maximum Gasteiger partial charge on any atom is 0.254 e. The van der Waals surface area contributed by atoms with Crippen molar-refractivity contribution < 1.29 is 19.1 Å². The Hall–Kier alpha value is -4.14. The summed E-state index contributed by atoms with van der Waals surface area (Å²) in [6.07, 6.45) is 3.57. The van der Waals surface area contributed by atoms with Crippen LogP contribution in [-0.2, 0) is 16.8 Å². The molecule has 222 valence electrons. The van der Waals surface area contributed by atoms with Crippen LogP contribution in [0.4, 0.5) is 5.69 Å². The van der Waals surface area contributed by atoms with Gasteiger partial charge in [0.05, 0.1) is 31.5 Å². The Morgan fingerprint density at radius 1 is 1.05 bits per heavy atom. The molecule has 3 heterocycles. The Morgan fingerprint density at radius 2 is 1.86 bits per heavy atom. The van der Waals surface area contributed by atoms with Crippen LogP contribution >= 0.6 is 11.6 Å². The number of fused-ring (bicyclic) bond motifs is 3. The Bertz CT molecular complexity index is 1700. The minimum absolute atomic E-state index is 0.0658. The Balaban J connectivity index is 1.50. The molecule has 4 aromatic rings. The molecule has 8 nitrogen and oxygen atoms in total. The van der Waals surface area contributed by atoms with E-state index in [1.165, 1.54) is 0 Å². The van der Waals surface area contributed by atoms with Crippen molar-refractivity contribution in [3.8, 4) is 11.5 Å². The summed E-state index contributed by atoms with van der Waals surface area (Å²) in [5.74, 6) is 0.897. The SMILES string of the molecule is COc1ccc(CN2C[C@@]3(C(=O)N(c4cncc5ccccc45)C[C@@H]3CNC(C)C)c3cc(Cl)ccc3C2=O)c(OC)c1. The molecule has 9 heteroatoms. The number of halogens is 1. The standard InChI is InChI=1S/C34H35ClN4O4/c1-21(2)37-16-24-19-39(30-17-36-15-22-7-5-6-8-27(22)30)33(41)34(24)20-38(32(40)28-12-10-25(35)13-29(28)34)18-23-9-11-26(42-3)14-31(23)43-4/h5-15,17,21,24,37H,16,18-20H2,1-4H3/t24-,34-/m0/s1. The third-order valence-electron chi connectivity index (χ3n) is 8.71. The number of hydrogen-bond acceptors (Lipinski definition) is 6. The summed E-state index contributed by atoms with van der Waals surface area (Å²) in [4.78, 5) is 37.2. The molecule has 1 saturated heterocycles. The molecule has 2 aliphatic heterocycles. The van der Waals surface area contributed by atoms with Crippen LogP contribution < -0.4 is 19.7 Å². The molecule has 0 bridgehead atoms. The van der Waals surface area contributed by atoms with E-state index in [9.17, 15) is 4.79 Å². The van der Waals surface area contributed by atoms with Crippen molar-refractivity contribution >= 4 is 39.9 Å². The molecular weight excluding hydrogens is 564 g/mol. The van der Waals surface area contributed by atoms with Crippen molar-refractivity contribution in [1.29, 1.82) is 0 Å². The van der Waals surface area contributed by atoms with E-state index in [1.54, 1.807) is 43.5 Å². The first-order valence-electron chi connectivity index (χ1n) is 14.4. The second-order valence-corrected chi connectivity index (χ2v) is 12.0. The van der Waals surface area contributed by atoms with Crippen molar-refractivity contribution in [2.75, 3.05) is 38.8 Å². The number of hydrogen-bond donors (Lipinski definition) is 1. The third-order valence-corrected chi connectivity index (χ3v) is 8.95. The van der Waals surface area contributed by atoms with Gasteiger partial charge in [-0.05, 0) is 35.9 Å². The maximum absolute atomic E-state index is 15.0. The third kappa shape index (κ3) is 4.98. The number of anilines is 1. The van der Waals surface area contributed by atoms with Crippen LogP contribution in [-0.4, -0.2) is 61.6 Å². The Kier molecular flexibility index (Phi) is 7.75. The van der Waals surface area contributed by atoms with Crippen molar-refractivity contribution in [3.63, 3.8) is 0 Å². The lowest BCUT2D eigenvalue weighted by molar-refractivity contribution is -0.123. The Labute approximate surface area is 256 Å². The lowest BCUT2D eigenvalue weighted by Crippen LogP contribution is -2.57. The van der Waals surface area contributed by atoms with Crippen LogP contribution in [0.2, 0.25) is 5.02 Å². The molecule has 1 fully saturated rings. The number of benzene rings is 3. The molecule has 43 heavy (non-hydrogen) atoms. The largest absolute Gasteiger partial charge is 0.497 e. The maximum atomic E-state index is 15.0. The van der Waals surface area contributed by atoms with Gasteiger partial charge in [0, 0.05) is 77.3 Å². The number of nitrogens with zero attached hydrogens (tertiary/aromatic N) is 3. The van der Waals surface area contributed by atoms with Crippen molar-refractivity contribution in [2.24, 2.45) is 5.92 Å². The fraction of sp³-hybridized carbons (Fsp3) is 0.324. The van der Waals surface area contributed by atoms with Gasteiger partial charge in [0.1, 0.15) is 11.5 Å². The molecule has 3 aromatic carbocycles. The van der Waals surface area contributed by atoms with E-state index in [0.29, 0.717) is 40.7 Å². The van der Waals surface area contributed by atoms with Gasteiger partial charge >= 0.3 is 0 Å². The summed E-state index contributed by atoms with van der Waals surface area (Å²) in [6, 6.07) is 19.0. The summed E-state index contributed by atoms with van der Waals surface area (Å²) in [7, 11) is 3.20. The number of ether oxygens (including phenoxy) is 2. The number of rotatable bonds is 8. The summed E-state index contributed by atoms with van der Waals surface area (Å²) in [5, 5.41) is 5.98. The summed E-state index contributed by atoms with van der Waals surface area (Å²) < 4.78 is 11.0. The minimum Gasteiger partial charge on any atom is -0.497 e. The van der Waals surface area contributed by atoms with Gasteiger partial charge in [-0.25, -0.2) is 0 Å². The van der Waals surface area contributed by atoms with Crippen molar-refractivity contribution in [3.05, 3.63) is 94.8 Å². The topological polar surface area (TPSA) is 84.0 Å². The van der Waals surface area contributed by atoms with Crippen LogP contribution in [0.5, 0.6) is 11.5 Å². The van der Waals surface area contributed by atoms with Crippen LogP contribution in [0.3, 0.4) is 0 Å². The first-order chi connectivity index (χ1) is 20.8. The normalized spacial score (nSPS) is 19.9. The number of carbonyl (C=O) groups excluding carboxylic acids is 2. The zero-order valence-electron chi connectivity index (χ0n) is 24.8. The van der Waals surface area contributed by atoms with Gasteiger partial charge in [-0.2, -0.15) is 0 Å². The van der Waals surface area contributed by atoms with Crippen LogP contribution in [0.1, 0.15) is 35.3 Å². The van der Waals surface area contributed by atoms with Gasteiger partial charge in [0.2, 0.25) is 5.91 Å². The van der Waals surface area contributed by atoms with Gasteiger partial charge in [-0.15, -0.1) is 0 Å². The van der Waals surface area contributed by atoms with E-state index in [2.05, 4.69) is 24.1 Å². The number of carbonyl (C=O) groups is 2. The van der Waals surface area contributed by atoms with Crippen LogP contribution in [0.15, 0.2) is 73.1 Å². The first-order valence-corrected chi connectivity index (χ1v) is 14.8. The lowest BCUT2D eigenvalue weighted by atomic mass is 9.67. The molecule has 0 radical (unpaired) electrons. The molecule has 2 aliphatic rings. The molecule has 6 rings (SSSR count). The predicted octanol–water partition coefficient (Wildman–Crippen LogP) is 5.46. The summed E-state index contributed by atoms with van der Waals surface area (Å²) in [5.41, 5.74) is 1.72. The average molecular weight is 599 g/mol. The second kappa shape index (κ2) is 11.5. The predicted molar refractivity (Wildman–Crippen MR) is 168 cm³/mol. The molecule has 1 N–H and O–H groups in total. The van der Waals surface area contributed by atoms with E-state index in [0.717, 1.165) is 22.0 Å². The summed E-state index contributed by atoms with van der Waals surface area (Å²) in [6.45, 7) is 5.70. The van der Waals surface area contributed by atoms with Crippen molar-refractivity contribution in [1.82, 2.24) is 15.2 Å². The molecular formula is C34H35ClN4O4. The van der Waals surface area contributed by atoms with E-state index in [4.69, 9.17) is 21.1 Å². The van der Waals surface area contributed by atoms with Gasteiger partial charge in [-0.3, -0.25) is 14.6 Å². The number of nitrogens with one attached hydrogen (secondary N) is 1. The number of amides is 2. The monoisotopic (exact) mass is 598 g/mol. The fourth-order valence-corrected chi connectivity index (χ4v) is 6.73. The molecule has 1 spiro atoms. The molecule has 1 aromatic heterocycles. The highest BCUT2D eigenvalue weighted by Crippen LogP contribution is 2.48. The quantitative estimate of drug-likeness (QED) is 0.290. The Morgan fingerprint density at radius 3 is 2.63 bits per heavy atom. The van der Waals surface area contributed by atoms with Gasteiger partial charge in [0.25, 0.3) is 5.91 Å². The lowest BCUT2D eigenvalue weighted by Gasteiger charge is -2.43. The smallest absolute Gasteiger partial charge is 0.254 e. The number of methoxy groups -OCH3 is 2. The number of pyridine rings is 1. The van der Waals surface area contributed by atoms with Crippen LogP contribution in [0.25, 0.3) is 10.8 Å². The van der Waals surface area contributed by atoms with Gasteiger partial charge < -0.3 is 24.6 Å². The highest BCUT2D eigenvalue weighted by atomic mass is 35.5. The molecule has 2 atom stereocenters. The molecule has 2 amide bonds. The highest BCUT2D eigenvalue weighted by Gasteiger charge is 2.59. The zero-order valence-corrected chi connectivity index (χ0v) is 25.5. The first kappa shape index (κ1) is 29.0. The van der Waals surface area contributed by atoms with E-state index in [1.807, 2.05) is 53.6 Å². The zero-order chi connectivity index (χ0) is 30.3. The fourth-order valence-electron chi connectivity index (χ4n) is 6.56. The van der Waals surface area contributed by atoms with Crippen LogP contribution in [0, 0.1) is 5.92 Å². The van der Waals surface area contributed by atoms with E-state index >= 15 is 4.79 Å². The number of aromatic nitrogens is 1. The second-order valence-electron chi connectivity index (χ2n) is 11.6. The molecule has 0 aliphatic carbocycles. The van der Waals surface area contributed by atoms with Gasteiger partial charge in [0.15, 0.2) is 0 Å². The van der Waals surface area contributed by atoms with E-state index < -0.39 is 5.41 Å².